The maximum absolute atomic E-state index is 10.1. The molecule has 0 bridgehead atoms. The molecule has 0 fully saturated rings. The van der Waals surface area contributed by atoms with E-state index in [1.165, 1.54) is 5.56 Å². The van der Waals surface area contributed by atoms with Crippen molar-refractivity contribution < 1.29 is 14.9 Å². The Hall–Kier alpha value is -3.44. The number of hydrogen-bond donors (Lipinski definition) is 2. The van der Waals surface area contributed by atoms with Crippen LogP contribution in [0.4, 0.5) is 0 Å². The first kappa shape index (κ1) is 23.7. The lowest BCUT2D eigenvalue weighted by atomic mass is 10.1. The number of benzene rings is 3. The Morgan fingerprint density at radius 1 is 0.853 bits per heavy atom. The third kappa shape index (κ3) is 5.20. The van der Waals surface area contributed by atoms with Crippen LogP contribution in [0.5, 0.6) is 17.2 Å². The molecule has 0 radical (unpaired) electrons. The van der Waals surface area contributed by atoms with Crippen molar-refractivity contribution in [2.75, 3.05) is 26.2 Å². The molecule has 5 nitrogen and oxygen atoms in total. The summed E-state index contributed by atoms with van der Waals surface area (Å²) in [6.07, 6.45) is 1.15. The third-order valence-corrected chi connectivity index (χ3v) is 6.37. The van der Waals surface area contributed by atoms with Crippen LogP contribution in [-0.2, 0) is 6.54 Å². The van der Waals surface area contributed by atoms with Crippen LogP contribution < -0.4 is 4.74 Å². The zero-order valence-corrected chi connectivity index (χ0v) is 20.3. The maximum atomic E-state index is 10.1. The van der Waals surface area contributed by atoms with Crippen molar-refractivity contribution in [2.24, 2.45) is 0 Å². The minimum absolute atomic E-state index is 0.244. The van der Waals surface area contributed by atoms with E-state index < -0.39 is 0 Å². The lowest BCUT2D eigenvalue weighted by Gasteiger charge is -2.19. The zero-order chi connectivity index (χ0) is 24.1. The smallest absolute Gasteiger partial charge is 0.119 e. The largest absolute Gasteiger partial charge is 0.508 e. The van der Waals surface area contributed by atoms with Crippen molar-refractivity contribution >= 4 is 10.9 Å². The standard InChI is InChI=1S/C29H34N2O3/c1-4-16-30(5-2)17-18-34-26-13-6-22(7-14-26)20-31-28-15-12-25(33)19-27(28)21(3)29(31)23-8-10-24(32)11-9-23/h6-15,19,32-33H,4-5,16-18,20H2,1-3H3. The number of hydrogen-bond acceptors (Lipinski definition) is 4. The van der Waals surface area contributed by atoms with Gasteiger partial charge >= 0.3 is 0 Å². The van der Waals surface area contributed by atoms with E-state index in [0.717, 1.165) is 59.5 Å². The first-order valence-electron chi connectivity index (χ1n) is 12.1. The van der Waals surface area contributed by atoms with Crippen molar-refractivity contribution in [3.63, 3.8) is 0 Å². The molecule has 4 aromatic rings. The van der Waals surface area contributed by atoms with Gasteiger partial charge in [0.15, 0.2) is 0 Å². The highest BCUT2D eigenvalue weighted by molar-refractivity contribution is 5.92. The van der Waals surface area contributed by atoms with Gasteiger partial charge in [0, 0.05) is 24.0 Å². The maximum Gasteiger partial charge on any atom is 0.119 e. The summed E-state index contributed by atoms with van der Waals surface area (Å²) in [5, 5.41) is 20.9. The summed E-state index contributed by atoms with van der Waals surface area (Å²) in [5.41, 5.74) is 5.44. The molecule has 0 unspecified atom stereocenters. The quantitative estimate of drug-likeness (QED) is 0.298. The van der Waals surface area contributed by atoms with Gasteiger partial charge in [-0.15, -0.1) is 0 Å². The van der Waals surface area contributed by atoms with Gasteiger partial charge in [0.25, 0.3) is 0 Å². The molecule has 0 aliphatic carbocycles. The number of nitrogens with zero attached hydrogens (tertiary/aromatic N) is 2. The highest BCUT2D eigenvalue weighted by atomic mass is 16.5. The second-order valence-corrected chi connectivity index (χ2v) is 8.73. The summed E-state index contributed by atoms with van der Waals surface area (Å²) in [4.78, 5) is 2.40. The number of likely N-dealkylation sites (N-methyl/N-ethyl adjacent to an activating group) is 1. The molecular formula is C29H34N2O3. The fourth-order valence-corrected chi connectivity index (χ4v) is 4.58. The Morgan fingerprint density at radius 3 is 2.24 bits per heavy atom. The molecule has 0 amide bonds. The molecule has 0 spiro atoms. The van der Waals surface area contributed by atoms with Crippen molar-refractivity contribution in [3.8, 4) is 28.5 Å². The topological polar surface area (TPSA) is 57.9 Å². The van der Waals surface area contributed by atoms with E-state index >= 15 is 0 Å². The minimum atomic E-state index is 0.244. The normalized spacial score (nSPS) is 11.4. The lowest BCUT2D eigenvalue weighted by molar-refractivity contribution is 0.216. The first-order chi connectivity index (χ1) is 16.5. The molecule has 0 aliphatic rings. The number of fused-ring (bicyclic) bond motifs is 1. The molecule has 34 heavy (non-hydrogen) atoms. The van der Waals surface area contributed by atoms with Crippen molar-refractivity contribution in [1.82, 2.24) is 9.47 Å². The van der Waals surface area contributed by atoms with E-state index in [4.69, 9.17) is 4.74 Å². The van der Waals surface area contributed by atoms with Crippen LogP contribution in [0.3, 0.4) is 0 Å². The Balaban J connectivity index is 1.58. The van der Waals surface area contributed by atoms with Gasteiger partial charge in [0.2, 0.25) is 0 Å². The second-order valence-electron chi connectivity index (χ2n) is 8.73. The summed E-state index contributed by atoms with van der Waals surface area (Å²) in [6.45, 7) is 10.9. The lowest BCUT2D eigenvalue weighted by Crippen LogP contribution is -2.28. The predicted molar refractivity (Wildman–Crippen MR) is 139 cm³/mol. The average molecular weight is 459 g/mol. The minimum Gasteiger partial charge on any atom is -0.508 e. The van der Waals surface area contributed by atoms with Gasteiger partial charge in [-0.25, -0.2) is 0 Å². The molecule has 178 valence electrons. The average Bonchev–Trinajstić information content (AvgIpc) is 3.10. The summed E-state index contributed by atoms with van der Waals surface area (Å²) in [5.74, 6) is 1.38. The molecule has 4 rings (SSSR count). The highest BCUT2D eigenvalue weighted by Crippen LogP contribution is 2.36. The summed E-state index contributed by atoms with van der Waals surface area (Å²) in [7, 11) is 0. The van der Waals surface area contributed by atoms with E-state index in [1.807, 2.05) is 36.4 Å². The monoisotopic (exact) mass is 458 g/mol. The second kappa shape index (κ2) is 10.7. The number of rotatable bonds is 10. The summed E-state index contributed by atoms with van der Waals surface area (Å²) < 4.78 is 8.26. The van der Waals surface area contributed by atoms with Crippen LogP contribution in [0, 0.1) is 6.92 Å². The fourth-order valence-electron chi connectivity index (χ4n) is 4.58. The molecule has 0 atom stereocenters. The first-order valence-corrected chi connectivity index (χ1v) is 12.1. The van der Waals surface area contributed by atoms with Crippen molar-refractivity contribution in [2.45, 2.75) is 33.7 Å². The number of aromatic hydroxyl groups is 2. The Bertz CT molecular complexity index is 1230. The van der Waals surface area contributed by atoms with Crippen LogP contribution in [0.15, 0.2) is 66.7 Å². The molecule has 0 saturated carbocycles. The molecular weight excluding hydrogens is 424 g/mol. The van der Waals surface area contributed by atoms with Crippen molar-refractivity contribution in [3.05, 3.63) is 77.9 Å². The van der Waals surface area contributed by atoms with Gasteiger partial charge in [-0.2, -0.15) is 0 Å². The van der Waals surface area contributed by atoms with Gasteiger partial charge in [-0.05, 0) is 97.7 Å². The Labute approximate surface area is 201 Å². The van der Waals surface area contributed by atoms with E-state index in [2.05, 4.69) is 42.4 Å². The van der Waals surface area contributed by atoms with Crippen LogP contribution in [0.1, 0.15) is 31.4 Å². The summed E-state index contributed by atoms with van der Waals surface area (Å²) in [6, 6.07) is 21.1. The number of phenols is 2. The molecule has 2 N–H and O–H groups in total. The van der Waals surface area contributed by atoms with Gasteiger partial charge in [0.05, 0.1) is 5.69 Å². The van der Waals surface area contributed by atoms with E-state index in [1.54, 1.807) is 18.2 Å². The van der Waals surface area contributed by atoms with E-state index in [-0.39, 0.29) is 11.5 Å². The van der Waals surface area contributed by atoms with E-state index in [0.29, 0.717) is 13.2 Å². The number of aryl methyl sites for hydroxylation is 1. The SMILES string of the molecule is CCCN(CC)CCOc1ccc(Cn2c(-c3ccc(O)cc3)c(C)c3cc(O)ccc32)cc1. The van der Waals surface area contributed by atoms with Crippen LogP contribution in [0.25, 0.3) is 22.2 Å². The van der Waals surface area contributed by atoms with Gasteiger partial charge in [-0.1, -0.05) is 26.0 Å². The van der Waals surface area contributed by atoms with Gasteiger partial charge in [-0.3, -0.25) is 0 Å². The highest BCUT2D eigenvalue weighted by Gasteiger charge is 2.17. The predicted octanol–water partition coefficient (Wildman–Crippen LogP) is 6.19. The number of ether oxygens (including phenoxy) is 1. The van der Waals surface area contributed by atoms with Crippen LogP contribution in [-0.4, -0.2) is 45.9 Å². The summed E-state index contributed by atoms with van der Waals surface area (Å²) >= 11 is 0. The fraction of sp³-hybridized carbons (Fsp3) is 0.310. The third-order valence-electron chi connectivity index (χ3n) is 6.37. The number of aromatic nitrogens is 1. The molecule has 1 aromatic heterocycles. The molecule has 0 saturated heterocycles. The Morgan fingerprint density at radius 2 is 1.56 bits per heavy atom. The van der Waals surface area contributed by atoms with E-state index in [9.17, 15) is 10.2 Å². The van der Waals surface area contributed by atoms with Gasteiger partial charge in [0.1, 0.15) is 23.9 Å². The van der Waals surface area contributed by atoms with Crippen molar-refractivity contribution in [1.29, 1.82) is 0 Å². The molecule has 3 aromatic carbocycles. The molecule has 1 heterocycles. The zero-order valence-electron chi connectivity index (χ0n) is 20.3. The Kier molecular flexibility index (Phi) is 7.43. The van der Waals surface area contributed by atoms with Crippen LogP contribution >= 0.6 is 0 Å². The van der Waals surface area contributed by atoms with Crippen LogP contribution in [0.2, 0.25) is 0 Å². The molecule has 0 aliphatic heterocycles. The van der Waals surface area contributed by atoms with Gasteiger partial charge < -0.3 is 24.4 Å². The number of phenolic OH excluding ortho intramolecular Hbond substituents is 2. The molecule has 5 heteroatoms.